The van der Waals surface area contributed by atoms with Gasteiger partial charge < -0.3 is 15.5 Å². The van der Waals surface area contributed by atoms with Gasteiger partial charge in [0.15, 0.2) is 5.65 Å². The number of benzene rings is 1. The first-order valence-electron chi connectivity index (χ1n) is 13.3. The summed E-state index contributed by atoms with van der Waals surface area (Å²) in [4.78, 5) is 43.8. The number of aromatic nitrogens is 4. The van der Waals surface area contributed by atoms with Crippen LogP contribution in [0.25, 0.3) is 28.0 Å². The maximum atomic E-state index is 15.1. The van der Waals surface area contributed by atoms with Gasteiger partial charge >= 0.3 is 5.69 Å². The molecule has 0 saturated carbocycles. The molecule has 0 spiro atoms. The van der Waals surface area contributed by atoms with Gasteiger partial charge in [-0.1, -0.05) is 45.5 Å². The molecule has 0 aliphatic carbocycles. The summed E-state index contributed by atoms with van der Waals surface area (Å²) in [6.07, 6.45) is 2.99. The molecule has 1 aromatic carbocycles. The van der Waals surface area contributed by atoms with Crippen molar-refractivity contribution in [1.29, 1.82) is 0 Å². The fourth-order valence-corrected chi connectivity index (χ4v) is 5.62. The topological polar surface area (TPSA) is 110 Å². The zero-order chi connectivity index (χ0) is 29.6. The monoisotopic (exact) mass is 591 g/mol. The van der Waals surface area contributed by atoms with E-state index in [1.165, 1.54) is 22.8 Å². The number of anilines is 2. The van der Waals surface area contributed by atoms with Crippen LogP contribution in [0.15, 0.2) is 54.0 Å². The van der Waals surface area contributed by atoms with Crippen LogP contribution in [-0.4, -0.2) is 56.0 Å². The molecular formula is C31H35ClFN7O2. The fourth-order valence-electron chi connectivity index (χ4n) is 5.38. The largest absolute Gasteiger partial charge is 0.398 e. The summed E-state index contributed by atoms with van der Waals surface area (Å²) in [6, 6.07) is 7.65. The van der Waals surface area contributed by atoms with Crippen molar-refractivity contribution in [3.8, 4) is 16.9 Å². The molecule has 11 heteroatoms. The molecule has 2 N–H and O–H groups in total. The number of piperazine rings is 1. The molecule has 4 heterocycles. The minimum Gasteiger partial charge on any atom is -0.398 e. The van der Waals surface area contributed by atoms with Crippen molar-refractivity contribution in [3.63, 3.8) is 0 Å². The molecule has 0 radical (unpaired) electrons. The number of fused-ring (bicyclic) bond motifs is 1. The second-order valence-electron chi connectivity index (χ2n) is 10.5. The van der Waals surface area contributed by atoms with Gasteiger partial charge in [-0.05, 0) is 55.7 Å². The summed E-state index contributed by atoms with van der Waals surface area (Å²) in [6.45, 7) is 12.7. The Bertz CT molecular complexity index is 1730. The quantitative estimate of drug-likeness (QED) is 0.241. The van der Waals surface area contributed by atoms with E-state index in [0.717, 1.165) is 5.56 Å². The van der Waals surface area contributed by atoms with Gasteiger partial charge in [-0.25, -0.2) is 18.7 Å². The highest BCUT2D eigenvalue weighted by Gasteiger charge is 2.30. The van der Waals surface area contributed by atoms with Crippen molar-refractivity contribution >= 4 is 40.0 Å². The molecule has 220 valence electrons. The number of nitrogens with two attached hydrogens (primary N) is 1. The second kappa shape index (κ2) is 11.9. The molecule has 42 heavy (non-hydrogen) atoms. The number of carbonyl (C=O) groups excluding carboxylic acids is 1. The minimum atomic E-state index is -0.584. The van der Waals surface area contributed by atoms with E-state index >= 15 is 4.39 Å². The first-order chi connectivity index (χ1) is 19.5. The molecule has 5 rings (SSSR count). The Morgan fingerprint density at radius 3 is 2.62 bits per heavy atom. The Morgan fingerprint density at radius 2 is 1.98 bits per heavy atom. The molecule has 9 nitrogen and oxygen atoms in total. The number of hydrogen-bond acceptors (Lipinski definition) is 7. The second-order valence-corrected chi connectivity index (χ2v) is 10.9. The van der Waals surface area contributed by atoms with Crippen molar-refractivity contribution in [2.24, 2.45) is 0 Å². The number of nitrogens with zero attached hydrogens (tertiary/aromatic N) is 6. The number of nitrogen functional groups attached to an aromatic ring is 1. The van der Waals surface area contributed by atoms with E-state index in [9.17, 15) is 9.59 Å². The van der Waals surface area contributed by atoms with Crippen LogP contribution in [0.1, 0.15) is 45.4 Å². The number of pyridine rings is 2. The third-order valence-corrected chi connectivity index (χ3v) is 7.68. The number of amides is 1. The summed E-state index contributed by atoms with van der Waals surface area (Å²) in [7, 11) is 0. The number of hydrogen-bond donors (Lipinski definition) is 1. The molecular weight excluding hydrogens is 557 g/mol. The van der Waals surface area contributed by atoms with Crippen LogP contribution < -0.4 is 16.3 Å². The molecule has 0 bridgehead atoms. The first kappa shape index (κ1) is 30.6. The van der Waals surface area contributed by atoms with Gasteiger partial charge in [0.25, 0.3) is 0 Å². The third kappa shape index (κ3) is 5.22. The van der Waals surface area contributed by atoms with Crippen LogP contribution in [0.4, 0.5) is 15.9 Å². The molecule has 0 unspecified atom stereocenters. The van der Waals surface area contributed by atoms with Crippen LogP contribution in [0.5, 0.6) is 0 Å². The molecule has 1 aliphatic heterocycles. The predicted octanol–water partition coefficient (Wildman–Crippen LogP) is 5.51. The van der Waals surface area contributed by atoms with Crippen molar-refractivity contribution < 1.29 is 9.18 Å². The highest BCUT2D eigenvalue weighted by atomic mass is 35.5. The average Bonchev–Trinajstić information content (AvgIpc) is 2.93. The number of halogens is 2. The lowest BCUT2D eigenvalue weighted by atomic mass is 10.0. The Morgan fingerprint density at radius 1 is 1.24 bits per heavy atom. The SMILES string of the molecule is C.C=CC(=O)N1CCN(c2nc(=O)n(-c3c(C)ccnc3C(C)C)c3nc(-c4c(N)cccc4F)c(Cl)cc23)[C@@H](C)C1. The van der Waals surface area contributed by atoms with Gasteiger partial charge in [0, 0.05) is 37.6 Å². The van der Waals surface area contributed by atoms with Crippen molar-refractivity contribution in [1.82, 2.24) is 24.4 Å². The third-order valence-electron chi connectivity index (χ3n) is 7.39. The molecule has 1 fully saturated rings. The van der Waals surface area contributed by atoms with E-state index in [2.05, 4.69) is 16.5 Å². The zero-order valence-corrected chi connectivity index (χ0v) is 24.1. The maximum Gasteiger partial charge on any atom is 0.355 e. The van der Waals surface area contributed by atoms with E-state index in [4.69, 9.17) is 22.3 Å². The number of aryl methyl sites for hydroxylation is 1. The normalized spacial score (nSPS) is 15.2. The smallest absolute Gasteiger partial charge is 0.355 e. The Hall–Kier alpha value is -4.31. The Kier molecular flexibility index (Phi) is 8.68. The molecule has 4 aromatic rings. The van der Waals surface area contributed by atoms with Crippen molar-refractivity contribution in [2.75, 3.05) is 30.3 Å². The van der Waals surface area contributed by atoms with Crippen LogP contribution in [-0.2, 0) is 4.79 Å². The van der Waals surface area contributed by atoms with Crippen LogP contribution in [0.3, 0.4) is 0 Å². The van der Waals surface area contributed by atoms with Crippen LogP contribution in [0, 0.1) is 12.7 Å². The van der Waals surface area contributed by atoms with Crippen LogP contribution >= 0.6 is 11.6 Å². The summed E-state index contributed by atoms with van der Waals surface area (Å²) in [5.74, 6) is -0.376. The van der Waals surface area contributed by atoms with Gasteiger partial charge in [-0.3, -0.25) is 9.78 Å². The van der Waals surface area contributed by atoms with Gasteiger partial charge in [0.05, 0.1) is 33.0 Å². The lowest BCUT2D eigenvalue weighted by molar-refractivity contribution is -0.126. The standard InChI is InChI=1S/C30H31ClFN7O2.CH4/c1-6-23(40)37-12-13-38(18(5)15-37)28-19-14-20(31)26(24-21(32)8-7-9-22(24)33)35-29(19)39(30(41)36-28)27-17(4)10-11-34-25(27)16(2)3;/h6-11,14,16,18H,1,12-13,15,33H2,2-5H3;1H4/t18-;/m0./s1. The lowest BCUT2D eigenvalue weighted by Gasteiger charge is -2.40. The van der Waals surface area contributed by atoms with E-state index in [0.29, 0.717) is 42.2 Å². The lowest BCUT2D eigenvalue weighted by Crippen LogP contribution is -2.54. The zero-order valence-electron chi connectivity index (χ0n) is 23.4. The van der Waals surface area contributed by atoms with Gasteiger partial charge in [-0.2, -0.15) is 4.98 Å². The van der Waals surface area contributed by atoms with E-state index < -0.39 is 11.5 Å². The maximum absolute atomic E-state index is 15.1. The first-order valence-corrected chi connectivity index (χ1v) is 13.7. The Balaban J connectivity index is 0.00000405. The van der Waals surface area contributed by atoms with E-state index in [1.54, 1.807) is 23.2 Å². The summed E-state index contributed by atoms with van der Waals surface area (Å²) in [5, 5.41) is 0.657. The Labute approximate surface area is 249 Å². The molecule has 1 atom stereocenters. The van der Waals surface area contributed by atoms with Crippen molar-refractivity contribution in [2.45, 2.75) is 47.1 Å². The average molecular weight is 592 g/mol. The summed E-state index contributed by atoms with van der Waals surface area (Å²) in [5.41, 5.74) is 8.24. The number of carbonyl (C=O) groups is 1. The minimum absolute atomic E-state index is 0. The predicted molar refractivity (Wildman–Crippen MR) is 167 cm³/mol. The summed E-state index contributed by atoms with van der Waals surface area (Å²) < 4.78 is 16.5. The highest BCUT2D eigenvalue weighted by molar-refractivity contribution is 6.34. The summed E-state index contributed by atoms with van der Waals surface area (Å²) >= 11 is 6.77. The van der Waals surface area contributed by atoms with Gasteiger partial charge in [-0.15, -0.1) is 0 Å². The molecule has 1 amide bonds. The fraction of sp³-hybridized carbons (Fsp3) is 0.323. The van der Waals surface area contributed by atoms with Gasteiger partial charge in [0.2, 0.25) is 5.91 Å². The van der Waals surface area contributed by atoms with E-state index in [-0.39, 0.29) is 52.9 Å². The van der Waals surface area contributed by atoms with Crippen molar-refractivity contribution in [3.05, 3.63) is 81.8 Å². The number of rotatable bonds is 5. The molecule has 3 aromatic heterocycles. The highest BCUT2D eigenvalue weighted by Crippen LogP contribution is 2.38. The van der Waals surface area contributed by atoms with Crippen LogP contribution in [0.2, 0.25) is 5.02 Å². The van der Waals surface area contributed by atoms with Gasteiger partial charge in [0.1, 0.15) is 11.6 Å². The molecule has 1 saturated heterocycles. The van der Waals surface area contributed by atoms with E-state index in [1.807, 2.05) is 38.7 Å². The molecule has 1 aliphatic rings.